The predicted molar refractivity (Wildman–Crippen MR) is 67.5 cm³/mol. The molecule has 0 aliphatic heterocycles. The van der Waals surface area contributed by atoms with E-state index < -0.39 is 0 Å². The zero-order valence-corrected chi connectivity index (χ0v) is 10.5. The topological polar surface area (TPSA) is 20.3 Å². The number of hydrogen-bond donors (Lipinski definition) is 0. The van der Waals surface area contributed by atoms with E-state index in [-0.39, 0.29) is 11.9 Å². The van der Waals surface area contributed by atoms with Crippen molar-refractivity contribution in [3.8, 4) is 0 Å². The molecule has 0 saturated carbocycles. The summed E-state index contributed by atoms with van der Waals surface area (Å²) in [6.45, 7) is 3.81. The number of halogens is 1. The first-order valence-corrected chi connectivity index (χ1v) is 5.59. The van der Waals surface area contributed by atoms with E-state index in [1.807, 2.05) is 38.1 Å². The summed E-state index contributed by atoms with van der Waals surface area (Å²) in [6.07, 6.45) is 3.30. The molecule has 86 valence electrons. The second-order valence-electron chi connectivity index (χ2n) is 3.68. The minimum absolute atomic E-state index is 0.00465. The lowest BCUT2D eigenvalue weighted by molar-refractivity contribution is -0.126. The molecule has 1 rings (SSSR count). The molecule has 1 aromatic rings. The van der Waals surface area contributed by atoms with E-state index in [0.717, 1.165) is 5.56 Å². The Morgan fingerprint density at radius 3 is 2.75 bits per heavy atom. The minimum atomic E-state index is -0.00465. The van der Waals surface area contributed by atoms with Crippen LogP contribution in [0, 0.1) is 0 Å². The lowest BCUT2D eigenvalue weighted by Crippen LogP contribution is -2.27. The van der Waals surface area contributed by atoms with Gasteiger partial charge in [0.2, 0.25) is 5.91 Å². The Labute approximate surface area is 102 Å². The number of carbonyl (C=O) groups excluding carboxylic acids is 1. The molecule has 0 spiro atoms. The molecule has 2 nitrogen and oxygen atoms in total. The maximum absolute atomic E-state index is 11.6. The van der Waals surface area contributed by atoms with Crippen molar-refractivity contribution in [2.45, 2.75) is 19.9 Å². The first-order chi connectivity index (χ1) is 7.56. The Kier molecular flexibility index (Phi) is 4.56. The van der Waals surface area contributed by atoms with Crippen LogP contribution in [0.4, 0.5) is 0 Å². The summed E-state index contributed by atoms with van der Waals surface area (Å²) < 4.78 is 0. The Morgan fingerprint density at radius 1 is 1.50 bits per heavy atom. The van der Waals surface area contributed by atoms with E-state index in [9.17, 15) is 4.79 Å². The summed E-state index contributed by atoms with van der Waals surface area (Å²) in [4.78, 5) is 13.3. The molecule has 0 radical (unpaired) electrons. The molecule has 0 heterocycles. The van der Waals surface area contributed by atoms with Gasteiger partial charge >= 0.3 is 0 Å². The van der Waals surface area contributed by atoms with Crippen molar-refractivity contribution in [1.29, 1.82) is 0 Å². The highest BCUT2D eigenvalue weighted by Crippen LogP contribution is 2.21. The third-order valence-corrected chi connectivity index (χ3v) is 2.80. The zero-order valence-electron chi connectivity index (χ0n) is 9.77. The second kappa shape index (κ2) is 5.71. The molecular weight excluding hydrogens is 222 g/mol. The fourth-order valence-electron chi connectivity index (χ4n) is 1.44. The summed E-state index contributed by atoms with van der Waals surface area (Å²) in [5, 5.41) is 0.691. The monoisotopic (exact) mass is 237 g/mol. The molecule has 16 heavy (non-hydrogen) atoms. The van der Waals surface area contributed by atoms with Gasteiger partial charge in [-0.3, -0.25) is 4.79 Å². The highest BCUT2D eigenvalue weighted by atomic mass is 35.5. The second-order valence-corrected chi connectivity index (χ2v) is 4.12. The van der Waals surface area contributed by atoms with E-state index in [1.165, 1.54) is 0 Å². The van der Waals surface area contributed by atoms with Gasteiger partial charge in [0.25, 0.3) is 0 Å². The fraction of sp³-hybridized carbons (Fsp3) is 0.308. The smallest absolute Gasteiger partial charge is 0.246 e. The summed E-state index contributed by atoms with van der Waals surface area (Å²) in [5.74, 6) is -0.00465. The van der Waals surface area contributed by atoms with E-state index in [2.05, 4.69) is 0 Å². The molecule has 0 fully saturated rings. The largest absolute Gasteiger partial charge is 0.335 e. The highest BCUT2D eigenvalue weighted by Gasteiger charge is 2.14. The summed E-state index contributed by atoms with van der Waals surface area (Å²) in [5.41, 5.74) is 1.04. The number of rotatable bonds is 3. The van der Waals surface area contributed by atoms with Gasteiger partial charge in [-0.25, -0.2) is 0 Å². The SMILES string of the molecule is CC=CC(=O)N(C)C(C)c1cccc(Cl)c1. The number of nitrogens with zero attached hydrogens (tertiary/aromatic N) is 1. The number of hydrogen-bond acceptors (Lipinski definition) is 1. The highest BCUT2D eigenvalue weighted by molar-refractivity contribution is 6.30. The van der Waals surface area contributed by atoms with Gasteiger partial charge in [0.05, 0.1) is 6.04 Å². The first-order valence-electron chi connectivity index (χ1n) is 5.21. The van der Waals surface area contributed by atoms with E-state index in [1.54, 1.807) is 24.1 Å². The van der Waals surface area contributed by atoms with Crippen LogP contribution in [0.5, 0.6) is 0 Å². The Morgan fingerprint density at radius 2 is 2.19 bits per heavy atom. The first kappa shape index (κ1) is 12.8. The Bertz CT molecular complexity index is 401. The van der Waals surface area contributed by atoms with Crippen LogP contribution < -0.4 is 0 Å². The predicted octanol–water partition coefficient (Wildman–Crippen LogP) is 3.44. The molecule has 0 aliphatic rings. The number of benzene rings is 1. The van der Waals surface area contributed by atoms with Crippen LogP contribution in [-0.2, 0) is 4.79 Å². The summed E-state index contributed by atoms with van der Waals surface area (Å²) in [7, 11) is 1.79. The summed E-state index contributed by atoms with van der Waals surface area (Å²) >= 11 is 5.92. The normalized spacial score (nSPS) is 12.8. The fourth-order valence-corrected chi connectivity index (χ4v) is 1.64. The number of allylic oxidation sites excluding steroid dienone is 1. The van der Waals surface area contributed by atoms with E-state index >= 15 is 0 Å². The molecule has 0 N–H and O–H groups in total. The van der Waals surface area contributed by atoms with Crippen molar-refractivity contribution in [3.05, 3.63) is 47.0 Å². The van der Waals surface area contributed by atoms with Crippen molar-refractivity contribution < 1.29 is 4.79 Å². The number of carbonyl (C=O) groups is 1. The van der Waals surface area contributed by atoms with Crippen LogP contribution in [0.3, 0.4) is 0 Å². The summed E-state index contributed by atoms with van der Waals surface area (Å²) in [6, 6.07) is 7.58. The quantitative estimate of drug-likeness (QED) is 0.738. The van der Waals surface area contributed by atoms with Crippen LogP contribution in [-0.4, -0.2) is 17.9 Å². The molecule has 3 heteroatoms. The van der Waals surface area contributed by atoms with Gasteiger partial charge < -0.3 is 4.90 Å². The lowest BCUT2D eigenvalue weighted by Gasteiger charge is -2.24. The third-order valence-electron chi connectivity index (χ3n) is 2.57. The molecule has 1 atom stereocenters. The van der Waals surface area contributed by atoms with Crippen molar-refractivity contribution >= 4 is 17.5 Å². The van der Waals surface area contributed by atoms with Crippen molar-refractivity contribution in [3.63, 3.8) is 0 Å². The third kappa shape index (κ3) is 3.11. The van der Waals surface area contributed by atoms with Gasteiger partial charge in [-0.15, -0.1) is 0 Å². The average molecular weight is 238 g/mol. The molecule has 0 saturated heterocycles. The van der Waals surface area contributed by atoms with Gasteiger partial charge in [0.1, 0.15) is 0 Å². The van der Waals surface area contributed by atoms with Crippen LogP contribution in [0.25, 0.3) is 0 Å². The molecule has 0 bridgehead atoms. The van der Waals surface area contributed by atoms with E-state index in [0.29, 0.717) is 5.02 Å². The van der Waals surface area contributed by atoms with Crippen LogP contribution in [0.1, 0.15) is 25.5 Å². The zero-order chi connectivity index (χ0) is 12.1. The van der Waals surface area contributed by atoms with Gasteiger partial charge in [-0.2, -0.15) is 0 Å². The minimum Gasteiger partial charge on any atom is -0.335 e. The number of likely N-dealkylation sites (N-methyl/N-ethyl adjacent to an activating group) is 1. The Hall–Kier alpha value is -1.28. The van der Waals surface area contributed by atoms with Gasteiger partial charge in [-0.1, -0.05) is 29.8 Å². The Balaban J connectivity index is 2.85. The molecule has 1 aromatic carbocycles. The van der Waals surface area contributed by atoms with Crippen molar-refractivity contribution in [2.24, 2.45) is 0 Å². The van der Waals surface area contributed by atoms with Crippen molar-refractivity contribution in [1.82, 2.24) is 4.90 Å². The molecule has 0 aromatic heterocycles. The average Bonchev–Trinajstić information content (AvgIpc) is 2.27. The standard InChI is InChI=1S/C13H16ClNO/c1-4-6-13(16)15(3)10(2)11-7-5-8-12(14)9-11/h4-10H,1-3H3. The maximum atomic E-state index is 11.6. The van der Waals surface area contributed by atoms with Crippen LogP contribution in [0.2, 0.25) is 5.02 Å². The number of amides is 1. The maximum Gasteiger partial charge on any atom is 0.246 e. The van der Waals surface area contributed by atoms with Gasteiger partial charge in [-0.05, 0) is 37.6 Å². The van der Waals surface area contributed by atoms with Gasteiger partial charge in [0.15, 0.2) is 0 Å². The molecule has 1 amide bonds. The van der Waals surface area contributed by atoms with Gasteiger partial charge in [0, 0.05) is 12.1 Å². The van der Waals surface area contributed by atoms with E-state index in [4.69, 9.17) is 11.6 Å². The molecular formula is C13H16ClNO. The molecule has 1 unspecified atom stereocenters. The van der Waals surface area contributed by atoms with Crippen molar-refractivity contribution in [2.75, 3.05) is 7.05 Å². The molecule has 0 aliphatic carbocycles. The van der Waals surface area contributed by atoms with Crippen LogP contribution >= 0.6 is 11.6 Å². The lowest BCUT2D eigenvalue weighted by atomic mass is 10.1. The van der Waals surface area contributed by atoms with Crippen LogP contribution in [0.15, 0.2) is 36.4 Å².